The van der Waals surface area contributed by atoms with Gasteiger partial charge in [0.1, 0.15) is 19.2 Å². The number of carbonyl (C=O) groups is 3. The first-order valence-electron chi connectivity index (χ1n) is 14.3. The number of thioether (sulfide) groups is 2. The molecule has 2 fully saturated rings. The Morgan fingerprint density at radius 2 is 1.72 bits per heavy atom. The molecule has 236 valence electrons. The van der Waals surface area contributed by atoms with Crippen LogP contribution in [0.2, 0.25) is 0 Å². The number of nitro groups is 1. The highest BCUT2D eigenvalue weighted by Gasteiger charge is 2.61. The van der Waals surface area contributed by atoms with Gasteiger partial charge in [-0.3, -0.25) is 19.7 Å². The third-order valence-corrected chi connectivity index (χ3v) is 10.7. The average molecular weight is 661 g/mol. The van der Waals surface area contributed by atoms with Gasteiger partial charge < -0.3 is 14.4 Å². The van der Waals surface area contributed by atoms with Crippen molar-refractivity contribution in [1.29, 1.82) is 0 Å². The smallest absolute Gasteiger partial charge is 0.330 e. The van der Waals surface area contributed by atoms with Crippen molar-refractivity contribution in [1.82, 2.24) is 25.1 Å². The van der Waals surface area contributed by atoms with E-state index in [-0.39, 0.29) is 30.1 Å². The highest BCUT2D eigenvalue weighted by atomic mass is 32.2. The van der Waals surface area contributed by atoms with Crippen molar-refractivity contribution in [2.75, 3.05) is 5.75 Å². The number of hydrogen-bond donors (Lipinski definition) is 0. The first kappa shape index (κ1) is 31.2. The number of hydrogen-bond acceptors (Lipinski definition) is 12. The standard InChI is InChI=1S/C31H28N6O7S2/c1-31(28(36-24(38)16-25(36)46-31)29(40)43-18-20-12-14-23(15-13-20)37(41)42)19-45-30-32-33-34-35(30)17-26(39)44-27(21-8-4-2-5-9-21)22-10-6-3-7-11-22/h2-15,25,27-28H,16-19H2,1H3/t25-,28+,31-/m1/s1. The molecule has 3 atom stereocenters. The van der Waals surface area contributed by atoms with Crippen molar-refractivity contribution >= 4 is 47.1 Å². The fourth-order valence-corrected chi connectivity index (χ4v) is 8.29. The molecule has 0 spiro atoms. The van der Waals surface area contributed by atoms with Crippen LogP contribution in [0.4, 0.5) is 5.69 Å². The lowest BCUT2D eigenvalue weighted by atomic mass is 9.98. The third kappa shape index (κ3) is 6.60. The lowest BCUT2D eigenvalue weighted by molar-refractivity contribution is -0.384. The first-order valence-corrected chi connectivity index (χ1v) is 16.2. The fraction of sp³-hybridized carbons (Fsp3) is 0.290. The molecule has 0 aliphatic carbocycles. The molecule has 2 aliphatic rings. The molecule has 3 aromatic carbocycles. The van der Waals surface area contributed by atoms with Gasteiger partial charge in [-0.05, 0) is 46.2 Å². The summed E-state index contributed by atoms with van der Waals surface area (Å²) in [5.74, 6) is -0.903. The summed E-state index contributed by atoms with van der Waals surface area (Å²) in [6, 6.07) is 23.7. The normalized spacial score (nSPS) is 20.2. The Morgan fingerprint density at radius 3 is 2.33 bits per heavy atom. The molecule has 4 aromatic rings. The van der Waals surface area contributed by atoms with Gasteiger partial charge in [0.25, 0.3) is 5.69 Å². The van der Waals surface area contributed by atoms with E-state index in [0.717, 1.165) is 11.1 Å². The summed E-state index contributed by atoms with van der Waals surface area (Å²) in [5.41, 5.74) is 2.17. The van der Waals surface area contributed by atoms with E-state index in [4.69, 9.17) is 9.47 Å². The second-order valence-electron chi connectivity index (χ2n) is 10.9. The maximum atomic E-state index is 13.4. The lowest BCUT2D eigenvalue weighted by Crippen LogP contribution is -2.58. The molecule has 3 heterocycles. The Hall–Kier alpha value is -4.76. The van der Waals surface area contributed by atoms with E-state index < -0.39 is 33.8 Å². The van der Waals surface area contributed by atoms with Crippen LogP contribution >= 0.6 is 23.5 Å². The van der Waals surface area contributed by atoms with Gasteiger partial charge in [0, 0.05) is 17.9 Å². The number of rotatable bonds is 12. The number of aromatic nitrogens is 4. The van der Waals surface area contributed by atoms with Crippen molar-refractivity contribution in [3.8, 4) is 0 Å². The van der Waals surface area contributed by atoms with E-state index >= 15 is 0 Å². The van der Waals surface area contributed by atoms with Crippen molar-refractivity contribution in [3.05, 3.63) is 112 Å². The van der Waals surface area contributed by atoms with E-state index in [1.807, 2.05) is 67.6 Å². The Morgan fingerprint density at radius 1 is 1.07 bits per heavy atom. The molecule has 0 N–H and O–H groups in total. The van der Waals surface area contributed by atoms with Crippen LogP contribution in [0.5, 0.6) is 0 Å². The summed E-state index contributed by atoms with van der Waals surface area (Å²) in [5, 5.41) is 23.0. The predicted molar refractivity (Wildman–Crippen MR) is 167 cm³/mol. The molecule has 0 bridgehead atoms. The summed E-state index contributed by atoms with van der Waals surface area (Å²) >= 11 is 2.78. The molecule has 6 rings (SSSR count). The number of tetrazole rings is 1. The molecule has 15 heteroatoms. The van der Waals surface area contributed by atoms with Crippen molar-refractivity contribution in [3.63, 3.8) is 0 Å². The molecular weight excluding hydrogens is 633 g/mol. The minimum Gasteiger partial charge on any atom is -0.459 e. The number of β-lactam (4-membered cyclic amide) rings is 1. The minimum absolute atomic E-state index is 0.0660. The summed E-state index contributed by atoms with van der Waals surface area (Å²) in [4.78, 5) is 51.1. The van der Waals surface area contributed by atoms with Gasteiger partial charge >= 0.3 is 11.9 Å². The molecule has 1 amide bonds. The van der Waals surface area contributed by atoms with E-state index in [0.29, 0.717) is 22.9 Å². The molecule has 0 saturated carbocycles. The van der Waals surface area contributed by atoms with E-state index in [2.05, 4.69) is 15.5 Å². The monoisotopic (exact) mass is 660 g/mol. The van der Waals surface area contributed by atoms with E-state index in [9.17, 15) is 24.5 Å². The van der Waals surface area contributed by atoms with Gasteiger partial charge in [0.2, 0.25) is 11.1 Å². The van der Waals surface area contributed by atoms with Crippen molar-refractivity contribution in [2.45, 2.75) is 53.9 Å². The zero-order valence-electron chi connectivity index (χ0n) is 24.5. The van der Waals surface area contributed by atoms with Crippen molar-refractivity contribution in [2.24, 2.45) is 0 Å². The number of ether oxygens (including phenoxy) is 2. The highest BCUT2D eigenvalue weighted by molar-refractivity contribution is 8.04. The summed E-state index contributed by atoms with van der Waals surface area (Å²) < 4.78 is 12.1. The zero-order chi connectivity index (χ0) is 32.3. The van der Waals surface area contributed by atoms with E-state index in [1.165, 1.54) is 52.5 Å². The van der Waals surface area contributed by atoms with Gasteiger partial charge in [-0.2, -0.15) is 0 Å². The maximum Gasteiger partial charge on any atom is 0.330 e. The molecule has 1 aromatic heterocycles. The second kappa shape index (κ2) is 13.3. The number of amides is 1. The molecule has 2 aliphatic heterocycles. The van der Waals surface area contributed by atoms with Crippen LogP contribution in [0.15, 0.2) is 90.1 Å². The quantitative estimate of drug-likeness (QED) is 0.0702. The van der Waals surface area contributed by atoms with Crippen LogP contribution in [0.3, 0.4) is 0 Å². The summed E-state index contributed by atoms with van der Waals surface area (Å²) in [6.07, 6.45) is -0.291. The van der Waals surface area contributed by atoms with Gasteiger partial charge in [0.15, 0.2) is 6.10 Å². The molecular formula is C31H28N6O7S2. The summed E-state index contributed by atoms with van der Waals surface area (Å²) in [6.45, 7) is 1.56. The van der Waals surface area contributed by atoms with E-state index in [1.54, 1.807) is 4.90 Å². The topological polar surface area (TPSA) is 160 Å². The van der Waals surface area contributed by atoms with Gasteiger partial charge in [0.05, 0.1) is 21.5 Å². The average Bonchev–Trinajstić information content (AvgIpc) is 3.60. The maximum absolute atomic E-state index is 13.4. The minimum atomic E-state index is -0.860. The van der Waals surface area contributed by atoms with Crippen LogP contribution in [0, 0.1) is 10.1 Å². The SMILES string of the molecule is C[C@]1(CSc2nnnn2CC(=O)OC(c2ccccc2)c2ccccc2)S[C@@H]2CC(=O)N2[C@H]1C(=O)OCc1ccc([N+](=O)[O-])cc1. The number of non-ortho nitro benzene ring substituents is 1. The van der Waals surface area contributed by atoms with Crippen LogP contribution in [0.25, 0.3) is 0 Å². The van der Waals surface area contributed by atoms with Crippen LogP contribution < -0.4 is 0 Å². The van der Waals surface area contributed by atoms with Gasteiger partial charge in [-0.15, -0.1) is 16.9 Å². The van der Waals surface area contributed by atoms with Crippen molar-refractivity contribution < 1.29 is 28.8 Å². The predicted octanol–water partition coefficient (Wildman–Crippen LogP) is 4.18. The Bertz CT molecular complexity index is 1700. The molecule has 0 unspecified atom stereocenters. The fourth-order valence-electron chi connectivity index (χ4n) is 5.38. The molecule has 46 heavy (non-hydrogen) atoms. The van der Waals surface area contributed by atoms with Gasteiger partial charge in [-0.1, -0.05) is 72.4 Å². The Kier molecular flexibility index (Phi) is 9.03. The largest absolute Gasteiger partial charge is 0.459 e. The van der Waals surface area contributed by atoms with Crippen LogP contribution in [-0.2, 0) is 37.0 Å². The highest BCUT2D eigenvalue weighted by Crippen LogP contribution is 2.52. The number of carbonyl (C=O) groups excluding carboxylic acids is 3. The number of fused-ring (bicyclic) bond motifs is 1. The number of nitro benzene ring substituents is 1. The molecule has 0 radical (unpaired) electrons. The number of nitrogens with zero attached hydrogens (tertiary/aromatic N) is 6. The Labute approximate surface area is 271 Å². The zero-order valence-corrected chi connectivity index (χ0v) is 26.1. The Balaban J connectivity index is 1.11. The first-order chi connectivity index (χ1) is 22.2. The molecule has 2 saturated heterocycles. The third-order valence-electron chi connectivity index (χ3n) is 7.68. The number of benzene rings is 3. The second-order valence-corrected chi connectivity index (χ2v) is 13.6. The lowest BCUT2D eigenvalue weighted by Gasteiger charge is -2.37. The van der Waals surface area contributed by atoms with Crippen LogP contribution in [-0.4, -0.2) is 69.8 Å². The summed E-state index contributed by atoms with van der Waals surface area (Å²) in [7, 11) is 0. The number of esters is 2. The van der Waals surface area contributed by atoms with Crippen LogP contribution in [0.1, 0.15) is 36.1 Å². The van der Waals surface area contributed by atoms with Gasteiger partial charge in [-0.25, -0.2) is 9.48 Å². The molecule has 13 nitrogen and oxygen atoms in total.